The highest BCUT2D eigenvalue weighted by atomic mass is 16.5. The van der Waals surface area contributed by atoms with Crippen molar-refractivity contribution < 1.29 is 9.15 Å². The van der Waals surface area contributed by atoms with Crippen molar-refractivity contribution in [3.8, 4) is 5.75 Å². The summed E-state index contributed by atoms with van der Waals surface area (Å²) in [6.07, 6.45) is 2.33. The van der Waals surface area contributed by atoms with E-state index in [0.717, 1.165) is 11.1 Å². The maximum atomic E-state index is 11.8. The van der Waals surface area contributed by atoms with Gasteiger partial charge in [0.2, 0.25) is 11.2 Å². The molecule has 21 heavy (non-hydrogen) atoms. The average Bonchev–Trinajstić information content (AvgIpc) is 2.56. The van der Waals surface area contributed by atoms with E-state index in [1.807, 2.05) is 60.7 Å². The Morgan fingerprint density at radius 2 is 1.38 bits per heavy atom. The Hall–Kier alpha value is -2.81. The molecule has 0 saturated heterocycles. The number of benzene rings is 2. The quantitative estimate of drug-likeness (QED) is 0.728. The van der Waals surface area contributed by atoms with Gasteiger partial charge >= 0.3 is 0 Å². The van der Waals surface area contributed by atoms with E-state index in [1.165, 1.54) is 18.6 Å². The van der Waals surface area contributed by atoms with Gasteiger partial charge < -0.3 is 9.15 Å². The van der Waals surface area contributed by atoms with Crippen molar-refractivity contribution in [3.05, 3.63) is 101 Å². The first-order chi connectivity index (χ1) is 10.3. The fraction of sp³-hybridized carbons (Fsp3) is 0.0556. The van der Waals surface area contributed by atoms with Crippen molar-refractivity contribution in [1.82, 2.24) is 0 Å². The summed E-state index contributed by atoms with van der Waals surface area (Å²) in [5.74, 6) is 0.204. The summed E-state index contributed by atoms with van der Waals surface area (Å²) in [5.41, 5.74) is 1.76. The van der Waals surface area contributed by atoms with Gasteiger partial charge in [-0.1, -0.05) is 60.7 Å². The maximum absolute atomic E-state index is 11.8. The van der Waals surface area contributed by atoms with E-state index in [-0.39, 0.29) is 17.3 Å². The van der Waals surface area contributed by atoms with E-state index < -0.39 is 0 Å². The van der Waals surface area contributed by atoms with Gasteiger partial charge in [0.15, 0.2) is 0 Å². The highest BCUT2D eigenvalue weighted by Crippen LogP contribution is 2.26. The Morgan fingerprint density at radius 1 is 0.810 bits per heavy atom. The van der Waals surface area contributed by atoms with Crippen molar-refractivity contribution in [2.24, 2.45) is 0 Å². The van der Waals surface area contributed by atoms with Gasteiger partial charge in [-0.05, 0) is 11.1 Å². The molecule has 1 heterocycles. The minimum absolute atomic E-state index is 0.196. The third-order valence-corrected chi connectivity index (χ3v) is 3.17. The summed E-state index contributed by atoms with van der Waals surface area (Å²) in [7, 11) is 0. The Balaban J connectivity index is 2.01. The summed E-state index contributed by atoms with van der Waals surface area (Å²) in [5, 5.41) is 0. The lowest BCUT2D eigenvalue weighted by atomic mass is 10.0. The van der Waals surface area contributed by atoms with Crippen LogP contribution in [-0.4, -0.2) is 0 Å². The number of hydrogen-bond donors (Lipinski definition) is 0. The fourth-order valence-corrected chi connectivity index (χ4v) is 2.14. The molecule has 0 unspecified atom stereocenters. The summed E-state index contributed by atoms with van der Waals surface area (Å²) < 4.78 is 10.9. The lowest BCUT2D eigenvalue weighted by Crippen LogP contribution is -2.14. The van der Waals surface area contributed by atoms with Crippen LogP contribution in [0.25, 0.3) is 0 Å². The maximum Gasteiger partial charge on any atom is 0.226 e. The van der Waals surface area contributed by atoms with Crippen molar-refractivity contribution >= 4 is 0 Å². The van der Waals surface area contributed by atoms with Gasteiger partial charge in [-0.15, -0.1) is 0 Å². The van der Waals surface area contributed by atoms with Crippen molar-refractivity contribution in [2.75, 3.05) is 0 Å². The Kier molecular flexibility index (Phi) is 3.83. The first-order valence-electron chi connectivity index (χ1n) is 6.67. The van der Waals surface area contributed by atoms with Crippen LogP contribution in [0.3, 0.4) is 0 Å². The lowest BCUT2D eigenvalue weighted by molar-refractivity contribution is 0.237. The molecule has 3 nitrogen and oxygen atoms in total. The largest absolute Gasteiger partial charge is 0.474 e. The van der Waals surface area contributed by atoms with Crippen molar-refractivity contribution in [2.45, 2.75) is 6.10 Å². The zero-order valence-electron chi connectivity index (χ0n) is 11.3. The Labute approximate surface area is 122 Å². The van der Waals surface area contributed by atoms with Crippen LogP contribution in [0.15, 0.2) is 88.5 Å². The van der Waals surface area contributed by atoms with E-state index in [4.69, 9.17) is 9.15 Å². The van der Waals surface area contributed by atoms with Crippen molar-refractivity contribution in [1.29, 1.82) is 0 Å². The van der Waals surface area contributed by atoms with Crippen LogP contribution < -0.4 is 10.2 Å². The second-order valence-corrected chi connectivity index (χ2v) is 4.60. The molecule has 0 atom stereocenters. The highest BCUT2D eigenvalue weighted by Gasteiger charge is 2.17. The van der Waals surface area contributed by atoms with Crippen LogP contribution in [0.5, 0.6) is 5.75 Å². The minimum Gasteiger partial charge on any atom is -0.474 e. The molecule has 0 amide bonds. The average molecular weight is 278 g/mol. The second kappa shape index (κ2) is 6.09. The van der Waals surface area contributed by atoms with Crippen LogP contribution in [0.1, 0.15) is 17.2 Å². The molecule has 0 aliphatic carbocycles. The van der Waals surface area contributed by atoms with Crippen LogP contribution >= 0.6 is 0 Å². The molecule has 0 fully saturated rings. The van der Waals surface area contributed by atoms with E-state index in [9.17, 15) is 4.79 Å². The Bertz CT molecular complexity index is 708. The topological polar surface area (TPSA) is 39.4 Å². The molecule has 0 N–H and O–H groups in total. The summed E-state index contributed by atoms with van der Waals surface area (Å²) in [4.78, 5) is 11.8. The molecule has 0 aliphatic rings. The molecule has 3 heteroatoms. The molecule has 0 spiro atoms. The van der Waals surface area contributed by atoms with E-state index in [1.54, 1.807) is 0 Å². The third-order valence-electron chi connectivity index (χ3n) is 3.17. The van der Waals surface area contributed by atoms with Gasteiger partial charge in [0, 0.05) is 6.07 Å². The first kappa shape index (κ1) is 13.2. The predicted octanol–water partition coefficient (Wildman–Crippen LogP) is 3.81. The van der Waals surface area contributed by atoms with Crippen LogP contribution in [0, 0.1) is 0 Å². The SMILES string of the molecule is O=c1ccocc1OC(c1ccccc1)c1ccccc1. The normalized spacial score (nSPS) is 10.5. The molecule has 0 bridgehead atoms. The number of ether oxygens (including phenoxy) is 1. The molecular formula is C18H14O3. The monoisotopic (exact) mass is 278 g/mol. The summed E-state index contributed by atoms with van der Waals surface area (Å²) in [6.45, 7) is 0. The van der Waals surface area contributed by atoms with Crippen LogP contribution in [0.2, 0.25) is 0 Å². The molecule has 104 valence electrons. The van der Waals surface area contributed by atoms with Crippen molar-refractivity contribution in [3.63, 3.8) is 0 Å². The molecule has 0 radical (unpaired) electrons. The van der Waals surface area contributed by atoms with Crippen LogP contribution in [-0.2, 0) is 0 Å². The van der Waals surface area contributed by atoms with Crippen LogP contribution in [0.4, 0.5) is 0 Å². The number of hydrogen-bond acceptors (Lipinski definition) is 3. The molecule has 0 saturated carbocycles. The minimum atomic E-state index is -0.349. The zero-order valence-corrected chi connectivity index (χ0v) is 11.3. The number of rotatable bonds is 4. The Morgan fingerprint density at radius 3 is 1.90 bits per heavy atom. The van der Waals surface area contributed by atoms with E-state index in [2.05, 4.69) is 0 Å². The highest BCUT2D eigenvalue weighted by molar-refractivity contribution is 5.32. The first-order valence-corrected chi connectivity index (χ1v) is 6.67. The smallest absolute Gasteiger partial charge is 0.226 e. The van der Waals surface area contributed by atoms with Gasteiger partial charge in [-0.3, -0.25) is 4.79 Å². The van der Waals surface area contributed by atoms with E-state index >= 15 is 0 Å². The van der Waals surface area contributed by atoms with Gasteiger partial charge in [0.25, 0.3) is 0 Å². The zero-order chi connectivity index (χ0) is 14.5. The molecular weight excluding hydrogens is 264 g/mol. The van der Waals surface area contributed by atoms with Gasteiger partial charge in [-0.2, -0.15) is 0 Å². The fourth-order valence-electron chi connectivity index (χ4n) is 2.14. The van der Waals surface area contributed by atoms with Gasteiger partial charge in [-0.25, -0.2) is 0 Å². The molecule has 3 rings (SSSR count). The van der Waals surface area contributed by atoms with Gasteiger partial charge in [0.05, 0.1) is 6.26 Å². The molecule has 0 aliphatic heterocycles. The van der Waals surface area contributed by atoms with Gasteiger partial charge in [0.1, 0.15) is 12.4 Å². The lowest BCUT2D eigenvalue weighted by Gasteiger charge is -2.19. The molecule has 1 aromatic heterocycles. The second-order valence-electron chi connectivity index (χ2n) is 4.60. The summed E-state index contributed by atoms with van der Waals surface area (Å²) in [6, 6.07) is 20.9. The van der Waals surface area contributed by atoms with E-state index in [0.29, 0.717) is 0 Å². The standard InChI is InChI=1S/C18H14O3/c19-16-11-12-20-13-17(16)21-18(14-7-3-1-4-8-14)15-9-5-2-6-10-15/h1-13,18H. The predicted molar refractivity (Wildman–Crippen MR) is 80.3 cm³/mol. The molecule has 3 aromatic rings. The third kappa shape index (κ3) is 3.03. The molecule has 2 aromatic carbocycles. The summed E-state index contributed by atoms with van der Waals surface area (Å²) >= 11 is 0.